The van der Waals surface area contributed by atoms with Crippen LogP contribution in [0.4, 0.5) is 0 Å². The van der Waals surface area contributed by atoms with Crippen molar-refractivity contribution in [3.63, 3.8) is 0 Å². The van der Waals surface area contributed by atoms with Crippen LogP contribution in [0.1, 0.15) is 22.6 Å². The van der Waals surface area contributed by atoms with Gasteiger partial charge in [0.25, 0.3) is 0 Å². The molecule has 0 saturated carbocycles. The predicted octanol–water partition coefficient (Wildman–Crippen LogP) is 6.58. The van der Waals surface area contributed by atoms with Gasteiger partial charge in [0, 0.05) is 22.3 Å². The van der Waals surface area contributed by atoms with Crippen molar-refractivity contribution in [1.29, 1.82) is 0 Å². The molecule has 0 radical (unpaired) electrons. The molecule has 2 nitrogen and oxygen atoms in total. The molecule has 5 rings (SSSR count). The maximum atomic E-state index is 11.2. The highest BCUT2D eigenvalue weighted by Gasteiger charge is 2.23. The van der Waals surface area contributed by atoms with Gasteiger partial charge in [0.2, 0.25) is 0 Å². The second-order valence-electron chi connectivity index (χ2n) is 7.29. The van der Waals surface area contributed by atoms with Crippen molar-refractivity contribution in [2.24, 2.45) is 0 Å². The van der Waals surface area contributed by atoms with Crippen molar-refractivity contribution in [3.8, 4) is 11.5 Å². The summed E-state index contributed by atoms with van der Waals surface area (Å²) in [5, 5.41) is 25.2. The van der Waals surface area contributed by atoms with E-state index in [1.807, 2.05) is 78.9 Å². The summed E-state index contributed by atoms with van der Waals surface area (Å²) in [5.74, 6) is 0.402. The second kappa shape index (κ2) is 6.99. The number of aromatic hydroxyl groups is 2. The molecule has 5 aromatic rings. The minimum Gasteiger partial charge on any atom is -0.507 e. The van der Waals surface area contributed by atoms with E-state index >= 15 is 0 Å². The van der Waals surface area contributed by atoms with Crippen LogP contribution in [0.5, 0.6) is 11.5 Å². The zero-order valence-corrected chi connectivity index (χ0v) is 15.8. The Bertz CT molecular complexity index is 1320. The van der Waals surface area contributed by atoms with E-state index in [1.165, 1.54) is 0 Å². The van der Waals surface area contributed by atoms with Crippen molar-refractivity contribution >= 4 is 21.5 Å². The normalized spacial score (nSPS) is 12.3. The van der Waals surface area contributed by atoms with Gasteiger partial charge in [0.05, 0.1) is 0 Å². The molecule has 0 saturated heterocycles. The molecule has 0 heterocycles. The van der Waals surface area contributed by atoms with Gasteiger partial charge >= 0.3 is 0 Å². The van der Waals surface area contributed by atoms with Gasteiger partial charge < -0.3 is 10.2 Å². The summed E-state index contributed by atoms with van der Waals surface area (Å²) in [6, 6.07) is 33.7. The highest BCUT2D eigenvalue weighted by atomic mass is 16.3. The average Bonchev–Trinajstić information content (AvgIpc) is 2.78. The topological polar surface area (TPSA) is 40.5 Å². The van der Waals surface area contributed by atoms with Crippen molar-refractivity contribution in [2.75, 3.05) is 0 Å². The molecule has 0 aliphatic heterocycles. The lowest BCUT2D eigenvalue weighted by molar-refractivity contribution is 0.473. The van der Waals surface area contributed by atoms with Crippen LogP contribution in [0.15, 0.2) is 103 Å². The molecule has 1 unspecified atom stereocenters. The van der Waals surface area contributed by atoms with E-state index in [1.54, 1.807) is 6.07 Å². The number of fused-ring (bicyclic) bond motifs is 2. The molecule has 5 aromatic carbocycles. The molecule has 29 heavy (non-hydrogen) atoms. The fraction of sp³-hybridized carbons (Fsp3) is 0.0370. The maximum absolute atomic E-state index is 11.2. The highest BCUT2D eigenvalue weighted by molar-refractivity contribution is 5.93. The summed E-state index contributed by atoms with van der Waals surface area (Å²) in [5.41, 5.74) is 3.00. The van der Waals surface area contributed by atoms with Gasteiger partial charge in [-0.1, -0.05) is 97.1 Å². The molecular weight excluding hydrogens is 356 g/mol. The van der Waals surface area contributed by atoms with Gasteiger partial charge in [-0.3, -0.25) is 0 Å². The molecule has 1 atom stereocenters. The summed E-state index contributed by atoms with van der Waals surface area (Å²) < 4.78 is 0. The lowest BCUT2D eigenvalue weighted by Crippen LogP contribution is -2.05. The van der Waals surface area contributed by atoms with E-state index in [9.17, 15) is 10.2 Å². The van der Waals surface area contributed by atoms with Crippen LogP contribution >= 0.6 is 0 Å². The Hall–Kier alpha value is -3.78. The molecule has 0 aromatic heterocycles. The third kappa shape index (κ3) is 2.90. The molecule has 0 aliphatic carbocycles. The summed E-state index contributed by atoms with van der Waals surface area (Å²) in [7, 11) is 0. The van der Waals surface area contributed by atoms with Crippen LogP contribution in [0.25, 0.3) is 21.5 Å². The van der Waals surface area contributed by atoms with Gasteiger partial charge in [-0.25, -0.2) is 0 Å². The largest absolute Gasteiger partial charge is 0.507 e. The minimum absolute atomic E-state index is 0.161. The third-order valence-corrected chi connectivity index (χ3v) is 5.62. The van der Waals surface area contributed by atoms with Gasteiger partial charge in [-0.05, 0) is 28.0 Å². The van der Waals surface area contributed by atoms with Gasteiger partial charge in [0.15, 0.2) is 0 Å². The quantitative estimate of drug-likeness (QED) is 0.349. The van der Waals surface area contributed by atoms with Crippen molar-refractivity contribution in [1.82, 2.24) is 0 Å². The number of benzene rings is 5. The van der Waals surface area contributed by atoms with Crippen LogP contribution in [0.3, 0.4) is 0 Å². The van der Waals surface area contributed by atoms with Crippen LogP contribution in [-0.2, 0) is 0 Å². The van der Waals surface area contributed by atoms with E-state index in [2.05, 4.69) is 18.2 Å². The van der Waals surface area contributed by atoms with Gasteiger partial charge in [-0.2, -0.15) is 0 Å². The Labute approximate surface area is 169 Å². The lowest BCUT2D eigenvalue weighted by atomic mass is 9.81. The van der Waals surface area contributed by atoms with Crippen LogP contribution in [-0.4, -0.2) is 10.2 Å². The molecule has 2 N–H and O–H groups in total. The van der Waals surface area contributed by atoms with Crippen LogP contribution in [0.2, 0.25) is 0 Å². The molecule has 0 aliphatic rings. The molecule has 140 valence electrons. The molecule has 2 heteroatoms. The third-order valence-electron chi connectivity index (χ3n) is 5.62. The van der Waals surface area contributed by atoms with E-state index in [0.29, 0.717) is 5.75 Å². The molecular formula is C27H20O2. The number of rotatable bonds is 3. The first kappa shape index (κ1) is 17.3. The first-order chi connectivity index (χ1) is 14.2. The van der Waals surface area contributed by atoms with E-state index in [0.717, 1.165) is 38.2 Å². The Morgan fingerprint density at radius 3 is 1.90 bits per heavy atom. The average molecular weight is 376 g/mol. The maximum Gasteiger partial charge on any atom is 0.127 e. The van der Waals surface area contributed by atoms with Gasteiger partial charge in [0.1, 0.15) is 11.5 Å². The van der Waals surface area contributed by atoms with Gasteiger partial charge in [-0.15, -0.1) is 0 Å². The van der Waals surface area contributed by atoms with E-state index < -0.39 is 0 Å². The first-order valence-electron chi connectivity index (χ1n) is 9.70. The number of hydrogen-bond donors (Lipinski definition) is 2. The van der Waals surface area contributed by atoms with Crippen molar-refractivity contribution in [2.45, 2.75) is 5.92 Å². The summed E-state index contributed by atoms with van der Waals surface area (Å²) in [6.45, 7) is 0. The fourth-order valence-corrected chi connectivity index (χ4v) is 4.24. The first-order valence-corrected chi connectivity index (χ1v) is 9.70. The Morgan fingerprint density at radius 1 is 0.483 bits per heavy atom. The van der Waals surface area contributed by atoms with Crippen molar-refractivity contribution in [3.05, 3.63) is 120 Å². The highest BCUT2D eigenvalue weighted by Crippen LogP contribution is 2.43. The minimum atomic E-state index is -0.161. The predicted molar refractivity (Wildman–Crippen MR) is 119 cm³/mol. The second-order valence-corrected chi connectivity index (χ2v) is 7.29. The zero-order chi connectivity index (χ0) is 19.8. The molecule has 0 spiro atoms. The molecule has 0 fully saturated rings. The van der Waals surface area contributed by atoms with E-state index in [-0.39, 0.29) is 11.7 Å². The number of hydrogen-bond acceptors (Lipinski definition) is 2. The van der Waals surface area contributed by atoms with Crippen LogP contribution in [0, 0.1) is 0 Å². The Balaban J connectivity index is 1.84. The van der Waals surface area contributed by atoms with Crippen LogP contribution < -0.4 is 0 Å². The Kier molecular flexibility index (Phi) is 4.18. The van der Waals surface area contributed by atoms with Crippen molar-refractivity contribution < 1.29 is 10.2 Å². The number of phenolic OH excluding ortho intramolecular Hbond substituents is 2. The molecule has 0 amide bonds. The zero-order valence-electron chi connectivity index (χ0n) is 15.8. The number of phenols is 2. The SMILES string of the molecule is Oc1c(C(c2ccccc2)c2ccc(O)c3ccccc23)ccc2ccccc12. The monoisotopic (exact) mass is 376 g/mol. The lowest BCUT2D eigenvalue weighted by Gasteiger charge is -2.23. The Morgan fingerprint density at radius 2 is 1.10 bits per heavy atom. The molecule has 0 bridgehead atoms. The summed E-state index contributed by atoms with van der Waals surface area (Å²) >= 11 is 0. The fourth-order valence-electron chi connectivity index (χ4n) is 4.24. The standard InChI is InChI=1S/C27H20O2/c28-25-17-16-23(21-12-6-7-13-22(21)25)26(19-9-2-1-3-10-19)24-15-14-18-8-4-5-11-20(18)27(24)29/h1-17,26,28-29H. The summed E-state index contributed by atoms with van der Waals surface area (Å²) in [6.07, 6.45) is 0. The summed E-state index contributed by atoms with van der Waals surface area (Å²) in [4.78, 5) is 0. The van der Waals surface area contributed by atoms with E-state index in [4.69, 9.17) is 0 Å². The smallest absolute Gasteiger partial charge is 0.127 e.